The molecule has 206 valence electrons. The van der Waals surface area contributed by atoms with Crippen molar-refractivity contribution < 1.29 is 67.3 Å². The topological polar surface area (TPSA) is 277 Å². The lowest BCUT2D eigenvalue weighted by Gasteiger charge is -2.40. The second-order valence-corrected chi connectivity index (χ2v) is 11.0. The van der Waals surface area contributed by atoms with Gasteiger partial charge in [-0.05, 0) is 0 Å². The molecule has 2 saturated heterocycles. The van der Waals surface area contributed by atoms with Gasteiger partial charge in [0.25, 0.3) is 5.56 Å². The molecular formula is C16H26N2O16P2. The molecule has 18 nitrogen and oxygen atoms in total. The summed E-state index contributed by atoms with van der Waals surface area (Å²) in [6.07, 6.45) is -12.2. The molecule has 1 aromatic heterocycles. The summed E-state index contributed by atoms with van der Waals surface area (Å²) in [5.41, 5.74) is -1.72. The predicted octanol–water partition coefficient (Wildman–Crippen LogP) is -3.52. The van der Waals surface area contributed by atoms with Crippen LogP contribution in [-0.4, -0.2) is 101 Å². The highest BCUT2D eigenvalue weighted by Gasteiger charge is 2.49. The van der Waals surface area contributed by atoms with Crippen LogP contribution in [-0.2, 0) is 32.0 Å². The Morgan fingerprint density at radius 1 is 1.00 bits per heavy atom. The minimum absolute atomic E-state index is 0.648. The Bertz CT molecular complexity index is 1120. The molecule has 0 aliphatic carbocycles. The third-order valence-corrected chi connectivity index (χ3v) is 8.15. The second kappa shape index (κ2) is 11.2. The Kier molecular flexibility index (Phi) is 9.08. The van der Waals surface area contributed by atoms with E-state index >= 15 is 0 Å². The van der Waals surface area contributed by atoms with Crippen LogP contribution in [0.25, 0.3) is 0 Å². The van der Waals surface area contributed by atoms with E-state index < -0.39 is 95.2 Å². The van der Waals surface area contributed by atoms with Crippen LogP contribution < -0.4 is 11.2 Å². The van der Waals surface area contributed by atoms with E-state index in [0.717, 1.165) is 16.8 Å². The molecule has 3 rings (SSSR count). The number of H-pyrrole nitrogens is 1. The zero-order valence-corrected chi connectivity index (χ0v) is 20.2. The average molecular weight is 564 g/mol. The summed E-state index contributed by atoms with van der Waals surface area (Å²) in [5.74, 6) is -0.792. The molecule has 3 heterocycles. The van der Waals surface area contributed by atoms with Gasteiger partial charge >= 0.3 is 21.3 Å². The summed E-state index contributed by atoms with van der Waals surface area (Å²) < 4.78 is 48.7. The largest absolute Gasteiger partial charge is 0.483 e. The maximum absolute atomic E-state index is 12.2. The van der Waals surface area contributed by atoms with Gasteiger partial charge in [-0.1, -0.05) is 6.92 Å². The van der Waals surface area contributed by atoms with Gasteiger partial charge in [0.15, 0.2) is 12.5 Å². The lowest BCUT2D eigenvalue weighted by molar-refractivity contribution is -0.264. The van der Waals surface area contributed by atoms with Crippen molar-refractivity contribution in [3.8, 4) is 0 Å². The molecule has 0 amide bonds. The molecule has 0 spiro atoms. The fourth-order valence-electron chi connectivity index (χ4n) is 3.56. The van der Waals surface area contributed by atoms with Gasteiger partial charge in [-0.3, -0.25) is 23.4 Å². The summed E-state index contributed by atoms with van der Waals surface area (Å²) >= 11 is 0. The standard InChI is InChI=1S/C16H26N2O16P2/c1-6-7(4-19)32-15(13(24)10(6)21)33-36(28,29)34-35(26,27)30-5-8-11(22)12(23)14(31-8)18-3-2-9(20)17-16(18)25/h2-3,6-8,10-15,19,21-24H,4-5H2,1H3,(H,26,27)(H,28,29)(H,17,20,25). The monoisotopic (exact) mass is 564 g/mol. The zero-order chi connectivity index (χ0) is 27.0. The Hall–Kier alpha value is -1.34. The zero-order valence-electron chi connectivity index (χ0n) is 18.4. The van der Waals surface area contributed by atoms with Gasteiger partial charge in [0.2, 0.25) is 0 Å². The van der Waals surface area contributed by atoms with Crippen molar-refractivity contribution >= 4 is 15.6 Å². The van der Waals surface area contributed by atoms with E-state index in [1.165, 1.54) is 6.92 Å². The van der Waals surface area contributed by atoms with Crippen LogP contribution in [0.3, 0.4) is 0 Å². The van der Waals surface area contributed by atoms with Gasteiger partial charge in [0, 0.05) is 18.2 Å². The molecule has 2 aliphatic rings. The minimum Gasteiger partial charge on any atom is -0.394 e. The number of phosphoric acid groups is 2. The van der Waals surface area contributed by atoms with Crippen LogP contribution in [0.5, 0.6) is 0 Å². The molecule has 20 heteroatoms. The molecule has 11 unspecified atom stereocenters. The first kappa shape index (κ1) is 29.2. The maximum Gasteiger partial charge on any atom is 0.483 e. The molecule has 0 saturated carbocycles. The van der Waals surface area contributed by atoms with E-state index in [9.17, 15) is 54.0 Å². The lowest BCUT2D eigenvalue weighted by Crippen LogP contribution is -2.55. The molecule has 0 bridgehead atoms. The highest BCUT2D eigenvalue weighted by atomic mass is 31.3. The number of ether oxygens (including phenoxy) is 2. The van der Waals surface area contributed by atoms with Crippen molar-refractivity contribution in [3.05, 3.63) is 33.1 Å². The summed E-state index contributed by atoms with van der Waals surface area (Å²) in [7, 11) is -10.9. The number of nitrogens with zero attached hydrogens (tertiary/aromatic N) is 1. The Morgan fingerprint density at radius 3 is 2.28 bits per heavy atom. The Balaban J connectivity index is 1.61. The number of aromatic nitrogens is 2. The van der Waals surface area contributed by atoms with Gasteiger partial charge < -0.3 is 44.8 Å². The van der Waals surface area contributed by atoms with Crippen LogP contribution in [0.15, 0.2) is 21.9 Å². The Labute approximate surface area is 201 Å². The number of hydrogen-bond acceptors (Lipinski definition) is 14. The van der Waals surface area contributed by atoms with E-state index in [-0.39, 0.29) is 0 Å². The lowest BCUT2D eigenvalue weighted by atomic mass is 9.91. The number of aromatic amines is 1. The van der Waals surface area contributed by atoms with Crippen molar-refractivity contribution in [2.75, 3.05) is 13.2 Å². The van der Waals surface area contributed by atoms with Crippen LogP contribution in [0.2, 0.25) is 0 Å². The molecule has 0 aromatic carbocycles. The first-order valence-corrected chi connectivity index (χ1v) is 13.3. The predicted molar refractivity (Wildman–Crippen MR) is 112 cm³/mol. The van der Waals surface area contributed by atoms with Gasteiger partial charge in [0.1, 0.15) is 24.4 Å². The number of hydrogen-bond donors (Lipinski definition) is 8. The van der Waals surface area contributed by atoms with E-state index in [0.29, 0.717) is 0 Å². The molecule has 0 radical (unpaired) electrons. The smallest absolute Gasteiger partial charge is 0.394 e. The highest BCUT2D eigenvalue weighted by molar-refractivity contribution is 7.61. The highest BCUT2D eigenvalue weighted by Crippen LogP contribution is 2.61. The molecule has 1 aromatic rings. The molecule has 2 aliphatic heterocycles. The molecule has 8 N–H and O–H groups in total. The molecule has 11 atom stereocenters. The molecule has 36 heavy (non-hydrogen) atoms. The van der Waals surface area contributed by atoms with Crippen LogP contribution in [0, 0.1) is 5.92 Å². The van der Waals surface area contributed by atoms with Crippen LogP contribution in [0.4, 0.5) is 0 Å². The summed E-state index contributed by atoms with van der Waals surface area (Å²) in [6.45, 7) is -0.221. The van der Waals surface area contributed by atoms with Gasteiger partial charge in [-0.15, -0.1) is 0 Å². The van der Waals surface area contributed by atoms with Crippen molar-refractivity contribution in [1.29, 1.82) is 0 Å². The van der Waals surface area contributed by atoms with Crippen molar-refractivity contribution in [2.24, 2.45) is 5.92 Å². The van der Waals surface area contributed by atoms with Gasteiger partial charge in [-0.2, -0.15) is 4.31 Å². The van der Waals surface area contributed by atoms with Crippen molar-refractivity contribution in [2.45, 2.75) is 56.1 Å². The summed E-state index contributed by atoms with van der Waals surface area (Å²) in [5, 5.41) is 49.5. The van der Waals surface area contributed by atoms with E-state index in [1.807, 2.05) is 4.98 Å². The summed E-state index contributed by atoms with van der Waals surface area (Å²) in [4.78, 5) is 44.6. The first-order valence-electron chi connectivity index (χ1n) is 10.3. The quantitative estimate of drug-likeness (QED) is 0.135. The van der Waals surface area contributed by atoms with E-state index in [2.05, 4.69) is 13.4 Å². The third-order valence-electron chi connectivity index (χ3n) is 5.55. The number of nitrogens with one attached hydrogen (secondary N) is 1. The van der Waals surface area contributed by atoms with E-state index in [1.54, 1.807) is 0 Å². The minimum atomic E-state index is -5.51. The van der Waals surface area contributed by atoms with Gasteiger partial charge in [-0.25, -0.2) is 13.9 Å². The maximum atomic E-state index is 12.2. The van der Waals surface area contributed by atoms with Gasteiger partial charge in [0.05, 0.1) is 25.4 Å². The number of phosphoric ester groups is 2. The number of aliphatic hydroxyl groups excluding tert-OH is 5. The van der Waals surface area contributed by atoms with E-state index in [4.69, 9.17) is 9.47 Å². The molecular weight excluding hydrogens is 538 g/mol. The number of rotatable bonds is 9. The second-order valence-electron chi connectivity index (χ2n) is 8.05. The number of aliphatic hydroxyl groups is 5. The fraction of sp³-hybridized carbons (Fsp3) is 0.750. The Morgan fingerprint density at radius 2 is 1.67 bits per heavy atom. The summed E-state index contributed by atoms with van der Waals surface area (Å²) in [6, 6.07) is 0.942. The van der Waals surface area contributed by atoms with Crippen LogP contribution >= 0.6 is 15.6 Å². The third kappa shape index (κ3) is 6.56. The van der Waals surface area contributed by atoms with Crippen LogP contribution in [0.1, 0.15) is 13.2 Å². The first-order chi connectivity index (χ1) is 16.7. The normalized spacial score (nSPS) is 38.4. The SMILES string of the molecule is CC1C(CO)OC(OP(=O)(O)OP(=O)(O)OCC2OC(n3ccc(=O)[nH]c3=O)C(O)C2O)C(O)C1O. The fourth-order valence-corrected chi connectivity index (χ4v) is 5.72. The van der Waals surface area contributed by atoms with Crippen molar-refractivity contribution in [3.63, 3.8) is 0 Å². The van der Waals surface area contributed by atoms with Crippen molar-refractivity contribution in [1.82, 2.24) is 9.55 Å². The average Bonchev–Trinajstić information content (AvgIpc) is 3.06. The molecule has 2 fully saturated rings.